The van der Waals surface area contributed by atoms with Crippen LogP contribution in [0.1, 0.15) is 30.9 Å². The van der Waals surface area contributed by atoms with Crippen molar-refractivity contribution in [2.45, 2.75) is 32.9 Å². The average molecular weight is 383 g/mol. The molecule has 1 heterocycles. The molecule has 6 nitrogen and oxygen atoms in total. The fourth-order valence-corrected chi connectivity index (χ4v) is 2.85. The van der Waals surface area contributed by atoms with Crippen LogP contribution < -0.4 is 10.1 Å². The smallest absolute Gasteiger partial charge is 0.267 e. The zero-order valence-corrected chi connectivity index (χ0v) is 15.7. The number of nitrogens with zero attached hydrogens (tertiary/aromatic N) is 2. The maximum atomic E-state index is 13.0. The second-order valence-corrected chi connectivity index (χ2v) is 6.39. The van der Waals surface area contributed by atoms with Gasteiger partial charge in [0.2, 0.25) is 5.91 Å². The predicted octanol–water partition coefficient (Wildman–Crippen LogP) is 3.02. The molecule has 0 saturated heterocycles. The predicted molar refractivity (Wildman–Crippen MR) is 103 cm³/mol. The Morgan fingerprint density at radius 1 is 1.18 bits per heavy atom. The molecule has 2 aromatic rings. The van der Waals surface area contributed by atoms with Gasteiger partial charge in [-0.2, -0.15) is 5.10 Å². The van der Waals surface area contributed by atoms with Gasteiger partial charge in [0.05, 0.1) is 13.2 Å². The molecule has 7 heteroatoms. The van der Waals surface area contributed by atoms with Crippen LogP contribution in [-0.2, 0) is 22.7 Å². The van der Waals surface area contributed by atoms with Crippen molar-refractivity contribution in [3.05, 3.63) is 65.5 Å². The third kappa shape index (κ3) is 5.16. The van der Waals surface area contributed by atoms with Crippen LogP contribution in [0.5, 0.6) is 5.75 Å². The number of nitrogens with one attached hydrogen (secondary N) is 1. The fourth-order valence-electron chi connectivity index (χ4n) is 2.85. The lowest BCUT2D eigenvalue weighted by molar-refractivity contribution is -0.132. The van der Waals surface area contributed by atoms with Crippen LogP contribution in [0.4, 0.5) is 4.39 Å². The number of carbonyl (C=O) groups is 2. The summed E-state index contributed by atoms with van der Waals surface area (Å²) in [7, 11) is 0. The third-order valence-corrected chi connectivity index (χ3v) is 4.28. The summed E-state index contributed by atoms with van der Waals surface area (Å²) in [6.07, 6.45) is 0.511. The molecule has 28 heavy (non-hydrogen) atoms. The normalized spacial score (nSPS) is 13.9. The van der Waals surface area contributed by atoms with Crippen LogP contribution in [0, 0.1) is 5.82 Å². The molecule has 1 aliphatic heterocycles. The Balaban J connectivity index is 1.62. The number of carbonyl (C=O) groups excluding carboxylic acids is 2. The summed E-state index contributed by atoms with van der Waals surface area (Å²) in [5.74, 6) is -0.0604. The summed E-state index contributed by atoms with van der Waals surface area (Å²) < 4.78 is 18.5. The van der Waals surface area contributed by atoms with Crippen molar-refractivity contribution in [3.8, 4) is 5.75 Å². The lowest BCUT2D eigenvalue weighted by Crippen LogP contribution is -2.38. The monoisotopic (exact) mass is 383 g/mol. The Morgan fingerprint density at radius 3 is 2.71 bits per heavy atom. The van der Waals surface area contributed by atoms with Crippen LogP contribution in [0.3, 0.4) is 0 Å². The molecule has 0 unspecified atom stereocenters. The Labute approximate surface area is 163 Å². The summed E-state index contributed by atoms with van der Waals surface area (Å²) in [6.45, 7) is 3.02. The van der Waals surface area contributed by atoms with E-state index in [1.165, 1.54) is 17.1 Å². The Kier molecular flexibility index (Phi) is 6.37. The molecule has 0 atom stereocenters. The Morgan fingerprint density at radius 2 is 1.96 bits per heavy atom. The summed E-state index contributed by atoms with van der Waals surface area (Å²) in [5, 5.41) is 8.31. The highest BCUT2D eigenvalue weighted by Crippen LogP contribution is 2.15. The van der Waals surface area contributed by atoms with Crippen LogP contribution in [0.25, 0.3) is 0 Å². The van der Waals surface area contributed by atoms with Crippen molar-refractivity contribution in [1.82, 2.24) is 10.3 Å². The van der Waals surface area contributed by atoms with Crippen molar-refractivity contribution in [1.29, 1.82) is 0 Å². The van der Waals surface area contributed by atoms with Gasteiger partial charge in [0.25, 0.3) is 5.91 Å². The molecule has 0 saturated carbocycles. The molecule has 146 valence electrons. The molecule has 0 bridgehead atoms. The van der Waals surface area contributed by atoms with Gasteiger partial charge in [-0.3, -0.25) is 9.59 Å². The van der Waals surface area contributed by atoms with E-state index in [4.69, 9.17) is 4.74 Å². The van der Waals surface area contributed by atoms with Crippen LogP contribution in [0.15, 0.2) is 53.6 Å². The molecular formula is C21H22FN3O3. The number of ether oxygens (including phenoxy) is 1. The van der Waals surface area contributed by atoms with E-state index in [2.05, 4.69) is 10.4 Å². The first-order valence-corrected chi connectivity index (χ1v) is 9.17. The van der Waals surface area contributed by atoms with E-state index in [1.807, 2.05) is 31.2 Å². The third-order valence-electron chi connectivity index (χ3n) is 4.28. The van der Waals surface area contributed by atoms with E-state index >= 15 is 0 Å². The van der Waals surface area contributed by atoms with Crippen molar-refractivity contribution < 1.29 is 18.7 Å². The molecule has 2 aromatic carbocycles. The highest BCUT2D eigenvalue weighted by molar-refractivity contribution is 6.39. The number of hydrogen-bond acceptors (Lipinski definition) is 4. The molecule has 3 rings (SSSR count). The van der Waals surface area contributed by atoms with Gasteiger partial charge in [0.15, 0.2) is 0 Å². The maximum absolute atomic E-state index is 13.0. The zero-order chi connectivity index (χ0) is 19.9. The first-order valence-electron chi connectivity index (χ1n) is 9.17. The van der Waals surface area contributed by atoms with Crippen LogP contribution in [0.2, 0.25) is 0 Å². The lowest BCUT2D eigenvalue weighted by atomic mass is 10.1. The molecule has 0 fully saturated rings. The van der Waals surface area contributed by atoms with Gasteiger partial charge in [-0.15, -0.1) is 0 Å². The lowest BCUT2D eigenvalue weighted by Gasteiger charge is -2.23. The minimum atomic E-state index is -0.342. The number of halogens is 1. The molecule has 0 aromatic heterocycles. The molecule has 1 N–H and O–H groups in total. The number of hydrogen-bond donors (Lipinski definition) is 1. The molecule has 1 aliphatic rings. The van der Waals surface area contributed by atoms with Gasteiger partial charge in [-0.05, 0) is 42.3 Å². The van der Waals surface area contributed by atoms with Gasteiger partial charge in [-0.1, -0.05) is 24.3 Å². The highest BCUT2D eigenvalue weighted by Gasteiger charge is 2.24. The Hall–Kier alpha value is -3.22. The molecule has 0 aliphatic carbocycles. The minimum absolute atomic E-state index is 0.162. The Bertz CT molecular complexity index is 881. The molecule has 0 radical (unpaired) electrons. The first kappa shape index (κ1) is 19.5. The van der Waals surface area contributed by atoms with E-state index in [0.29, 0.717) is 25.3 Å². The van der Waals surface area contributed by atoms with Gasteiger partial charge in [0, 0.05) is 19.4 Å². The van der Waals surface area contributed by atoms with E-state index in [1.54, 1.807) is 12.1 Å². The second-order valence-electron chi connectivity index (χ2n) is 6.39. The van der Waals surface area contributed by atoms with Gasteiger partial charge in [0.1, 0.15) is 17.3 Å². The van der Waals surface area contributed by atoms with Gasteiger partial charge < -0.3 is 10.1 Å². The van der Waals surface area contributed by atoms with Gasteiger partial charge in [-0.25, -0.2) is 9.40 Å². The number of amides is 2. The van der Waals surface area contributed by atoms with Crippen LogP contribution in [-0.4, -0.2) is 29.1 Å². The van der Waals surface area contributed by atoms with E-state index in [-0.39, 0.29) is 30.6 Å². The van der Waals surface area contributed by atoms with Crippen LogP contribution >= 0.6 is 0 Å². The number of hydrazone groups is 1. The van der Waals surface area contributed by atoms with Crippen molar-refractivity contribution in [3.63, 3.8) is 0 Å². The van der Waals surface area contributed by atoms with E-state index in [9.17, 15) is 14.0 Å². The van der Waals surface area contributed by atoms with Crippen molar-refractivity contribution in [2.75, 3.05) is 6.61 Å². The average Bonchev–Trinajstić information content (AvgIpc) is 2.70. The SMILES string of the molecule is CCOc1cccc(CNC(=O)C2=NN(Cc3ccc(F)cc3)C(=O)CC2)c1. The summed E-state index contributed by atoms with van der Waals surface area (Å²) >= 11 is 0. The summed E-state index contributed by atoms with van der Waals surface area (Å²) in [6, 6.07) is 13.4. The fraction of sp³-hybridized carbons (Fsp3) is 0.286. The minimum Gasteiger partial charge on any atom is -0.494 e. The molecule has 2 amide bonds. The number of benzene rings is 2. The van der Waals surface area contributed by atoms with Crippen molar-refractivity contribution in [2.24, 2.45) is 5.10 Å². The van der Waals surface area contributed by atoms with Gasteiger partial charge >= 0.3 is 0 Å². The van der Waals surface area contributed by atoms with Crippen molar-refractivity contribution >= 4 is 17.5 Å². The largest absolute Gasteiger partial charge is 0.494 e. The highest BCUT2D eigenvalue weighted by atomic mass is 19.1. The standard InChI is InChI=1S/C21H22FN3O3/c1-2-28-18-5-3-4-16(12-18)13-23-21(27)19-10-11-20(26)25(24-19)14-15-6-8-17(22)9-7-15/h3-9,12H,2,10-11,13-14H2,1H3,(H,23,27). The summed E-state index contributed by atoms with van der Waals surface area (Å²) in [4.78, 5) is 24.6. The quantitative estimate of drug-likeness (QED) is 0.799. The molecular weight excluding hydrogens is 361 g/mol. The zero-order valence-electron chi connectivity index (χ0n) is 15.7. The topological polar surface area (TPSA) is 71.0 Å². The van der Waals surface area contributed by atoms with E-state index in [0.717, 1.165) is 16.9 Å². The number of rotatable bonds is 7. The molecule has 0 spiro atoms. The second kappa shape index (κ2) is 9.12. The maximum Gasteiger partial charge on any atom is 0.267 e. The first-order chi connectivity index (χ1) is 13.5. The summed E-state index contributed by atoms with van der Waals surface area (Å²) in [5.41, 5.74) is 1.96. The van der Waals surface area contributed by atoms with E-state index < -0.39 is 0 Å².